The first-order chi connectivity index (χ1) is 14.8. The largest absolute Gasteiger partial charge is 0.496 e. The third-order valence-electron chi connectivity index (χ3n) is 4.34. The number of hydrogen-bond donors (Lipinski definition) is 2. The second-order valence-electron chi connectivity index (χ2n) is 7.53. The van der Waals surface area contributed by atoms with Crippen LogP contribution in [0.3, 0.4) is 0 Å². The van der Waals surface area contributed by atoms with Crippen molar-refractivity contribution in [1.29, 1.82) is 0 Å². The molecule has 172 valence electrons. The highest BCUT2D eigenvalue weighted by molar-refractivity contribution is 7.85. The van der Waals surface area contributed by atoms with E-state index in [-0.39, 0.29) is 5.78 Å². The Morgan fingerprint density at radius 3 is 2.28 bits per heavy atom. The van der Waals surface area contributed by atoms with Gasteiger partial charge >= 0.3 is 0 Å². The van der Waals surface area contributed by atoms with Crippen LogP contribution in [0.2, 0.25) is 0 Å². The van der Waals surface area contributed by atoms with Gasteiger partial charge in [0, 0.05) is 0 Å². The summed E-state index contributed by atoms with van der Waals surface area (Å²) in [5.41, 5.74) is 8.00. The summed E-state index contributed by atoms with van der Waals surface area (Å²) in [6.45, 7) is 3.88. The van der Waals surface area contributed by atoms with Crippen LogP contribution in [0.5, 0.6) is 17.2 Å². The van der Waals surface area contributed by atoms with Gasteiger partial charge in [-0.3, -0.25) is 9.35 Å². The van der Waals surface area contributed by atoms with Crippen LogP contribution in [0.15, 0.2) is 42.5 Å². The van der Waals surface area contributed by atoms with Crippen molar-refractivity contribution < 1.29 is 32.0 Å². The highest BCUT2D eigenvalue weighted by Crippen LogP contribution is 2.40. The van der Waals surface area contributed by atoms with Gasteiger partial charge in [0.05, 0.1) is 37.3 Å². The van der Waals surface area contributed by atoms with Gasteiger partial charge in [-0.2, -0.15) is 8.42 Å². The maximum absolute atomic E-state index is 12.8. The molecule has 0 saturated carbocycles. The number of allylic oxidation sites excluding steroid dienone is 1. The fourth-order valence-electron chi connectivity index (χ4n) is 2.92. The minimum atomic E-state index is -3.67. The number of carbonyl (C=O) groups is 1. The number of nitrogens with two attached hydrogens (primary N) is 1. The lowest BCUT2D eigenvalue weighted by Crippen LogP contribution is -2.28. The van der Waals surface area contributed by atoms with Crippen molar-refractivity contribution in [3.05, 3.63) is 59.2 Å². The predicted molar refractivity (Wildman–Crippen MR) is 125 cm³/mol. The van der Waals surface area contributed by atoms with Crippen LogP contribution in [0.1, 0.15) is 35.3 Å². The molecular weight excluding hydrogens is 434 g/mol. The molecule has 0 spiro atoms. The summed E-state index contributed by atoms with van der Waals surface area (Å²) in [4.78, 5) is 12.8. The van der Waals surface area contributed by atoms with Gasteiger partial charge in [-0.15, -0.1) is 0 Å². The smallest absolute Gasteiger partial charge is 0.261 e. The number of nitrogen functional groups attached to an aromatic ring is 1. The van der Waals surface area contributed by atoms with E-state index in [1.807, 2.05) is 32.1 Å². The standard InChI is InChI=1S/C22H23NO4.CH4O3S/c1-22(2)12-11-16-19(25-3)10-7-15(21(16)27-22)18(24)8-5-14-6-9-20(26-4)17(23)13-14;1-5(2,3)4/h5-13H,23H2,1-4H3;1H3,(H,2,3,4)/b8-5+;. The Kier molecular flexibility index (Phi) is 7.71. The number of anilines is 1. The van der Waals surface area contributed by atoms with Crippen LogP contribution in [0.25, 0.3) is 12.2 Å². The topological polar surface area (TPSA) is 125 Å². The Morgan fingerprint density at radius 2 is 1.72 bits per heavy atom. The van der Waals surface area contributed by atoms with Gasteiger partial charge in [-0.05, 0) is 61.9 Å². The minimum absolute atomic E-state index is 0.158. The van der Waals surface area contributed by atoms with E-state index in [4.69, 9.17) is 24.5 Å². The molecule has 8 nitrogen and oxygen atoms in total. The van der Waals surface area contributed by atoms with Crippen molar-refractivity contribution in [2.24, 2.45) is 0 Å². The van der Waals surface area contributed by atoms with Crippen LogP contribution >= 0.6 is 0 Å². The fourth-order valence-corrected chi connectivity index (χ4v) is 2.92. The van der Waals surface area contributed by atoms with E-state index in [1.165, 1.54) is 6.08 Å². The van der Waals surface area contributed by atoms with Gasteiger partial charge < -0.3 is 19.9 Å². The van der Waals surface area contributed by atoms with E-state index in [1.54, 1.807) is 44.6 Å². The lowest BCUT2D eigenvalue weighted by atomic mass is 9.97. The average Bonchev–Trinajstić information content (AvgIpc) is 2.69. The third kappa shape index (κ3) is 6.86. The minimum Gasteiger partial charge on any atom is -0.496 e. The van der Waals surface area contributed by atoms with Crippen LogP contribution in [-0.2, 0) is 10.1 Å². The van der Waals surface area contributed by atoms with Gasteiger partial charge in [0.2, 0.25) is 0 Å². The second-order valence-corrected chi connectivity index (χ2v) is 9.00. The monoisotopic (exact) mass is 461 g/mol. The highest BCUT2D eigenvalue weighted by atomic mass is 32.2. The van der Waals surface area contributed by atoms with Crippen LogP contribution in [-0.4, -0.2) is 44.8 Å². The van der Waals surface area contributed by atoms with Crippen molar-refractivity contribution in [2.75, 3.05) is 26.2 Å². The zero-order valence-corrected chi connectivity index (χ0v) is 19.4. The number of methoxy groups -OCH3 is 2. The first-order valence-corrected chi connectivity index (χ1v) is 11.4. The number of ether oxygens (including phenoxy) is 3. The fraction of sp³-hybridized carbons (Fsp3) is 0.261. The molecule has 0 bridgehead atoms. The Labute approximate surface area is 188 Å². The molecule has 0 aromatic heterocycles. The van der Waals surface area contributed by atoms with Crippen LogP contribution < -0.4 is 19.9 Å². The zero-order valence-electron chi connectivity index (χ0n) is 18.6. The lowest BCUT2D eigenvalue weighted by Gasteiger charge is -2.29. The molecule has 0 radical (unpaired) electrons. The third-order valence-corrected chi connectivity index (χ3v) is 4.34. The maximum Gasteiger partial charge on any atom is 0.261 e. The van der Waals surface area contributed by atoms with E-state index in [0.29, 0.717) is 34.8 Å². The molecule has 0 atom stereocenters. The molecule has 1 aliphatic rings. The molecule has 3 rings (SSSR count). The lowest BCUT2D eigenvalue weighted by molar-refractivity contribution is 0.103. The molecule has 0 amide bonds. The molecule has 9 heteroatoms. The number of carbonyl (C=O) groups excluding carboxylic acids is 1. The zero-order chi connectivity index (χ0) is 24.1. The highest BCUT2D eigenvalue weighted by Gasteiger charge is 2.27. The SMILES string of the molecule is COc1ccc(/C=C/C(=O)c2ccc(OC)c3c2OC(C)(C)C=C3)cc1N.CS(=O)(=O)O. The van der Waals surface area contributed by atoms with Crippen LogP contribution in [0.4, 0.5) is 5.69 Å². The summed E-state index contributed by atoms with van der Waals surface area (Å²) >= 11 is 0. The number of rotatable bonds is 5. The van der Waals surface area contributed by atoms with Gasteiger partial charge in [0.15, 0.2) is 5.78 Å². The predicted octanol–water partition coefficient (Wildman–Crippen LogP) is 3.87. The molecule has 1 aliphatic heterocycles. The second kappa shape index (κ2) is 9.88. The number of ketones is 1. The summed E-state index contributed by atoms with van der Waals surface area (Å²) in [5.74, 6) is 1.64. The summed E-state index contributed by atoms with van der Waals surface area (Å²) in [6, 6.07) is 8.86. The summed E-state index contributed by atoms with van der Waals surface area (Å²) < 4.78 is 42.5. The molecule has 32 heavy (non-hydrogen) atoms. The summed E-state index contributed by atoms with van der Waals surface area (Å²) in [6.07, 6.45) is 7.83. The summed E-state index contributed by atoms with van der Waals surface area (Å²) in [5, 5.41) is 0. The number of benzene rings is 2. The first kappa shape index (κ1) is 25.0. The Hall–Kier alpha value is -3.30. The van der Waals surface area contributed by atoms with Crippen molar-refractivity contribution in [3.8, 4) is 17.2 Å². The Morgan fingerprint density at radius 1 is 1.12 bits per heavy atom. The van der Waals surface area contributed by atoms with Crippen molar-refractivity contribution in [2.45, 2.75) is 19.4 Å². The first-order valence-electron chi connectivity index (χ1n) is 9.52. The summed E-state index contributed by atoms with van der Waals surface area (Å²) in [7, 11) is -0.508. The van der Waals surface area contributed by atoms with E-state index in [9.17, 15) is 13.2 Å². The van der Waals surface area contributed by atoms with Gasteiger partial charge in [-0.1, -0.05) is 12.1 Å². The average molecular weight is 462 g/mol. The molecule has 0 saturated heterocycles. The van der Waals surface area contributed by atoms with Crippen molar-refractivity contribution >= 4 is 33.7 Å². The molecule has 0 unspecified atom stereocenters. The van der Waals surface area contributed by atoms with E-state index < -0.39 is 15.7 Å². The molecule has 2 aromatic carbocycles. The molecule has 3 N–H and O–H groups in total. The quantitative estimate of drug-likeness (QED) is 0.297. The maximum atomic E-state index is 12.8. The Bertz CT molecular complexity index is 1160. The van der Waals surface area contributed by atoms with E-state index in [0.717, 1.165) is 11.1 Å². The van der Waals surface area contributed by atoms with Gasteiger partial charge in [0.1, 0.15) is 22.8 Å². The number of hydrogen-bond acceptors (Lipinski definition) is 7. The van der Waals surface area contributed by atoms with E-state index >= 15 is 0 Å². The molecule has 2 aromatic rings. The van der Waals surface area contributed by atoms with Gasteiger partial charge in [0.25, 0.3) is 10.1 Å². The molecule has 0 aliphatic carbocycles. The number of fused-ring (bicyclic) bond motifs is 1. The van der Waals surface area contributed by atoms with Crippen molar-refractivity contribution in [1.82, 2.24) is 0 Å². The van der Waals surface area contributed by atoms with Crippen LogP contribution in [0, 0.1) is 0 Å². The van der Waals surface area contributed by atoms with Crippen molar-refractivity contribution in [3.63, 3.8) is 0 Å². The molecule has 1 heterocycles. The normalized spacial score (nSPS) is 14.1. The molecule has 0 fully saturated rings. The Balaban J connectivity index is 0.000000654. The van der Waals surface area contributed by atoms with Gasteiger partial charge in [-0.25, -0.2) is 0 Å². The van der Waals surface area contributed by atoms with E-state index in [2.05, 4.69) is 0 Å². The molecular formula is C23H27NO7S.